The highest BCUT2D eigenvalue weighted by Crippen LogP contribution is 2.36. The Hall–Kier alpha value is -1.55. The van der Waals surface area contributed by atoms with Gasteiger partial charge in [-0.25, -0.2) is 4.79 Å². The van der Waals surface area contributed by atoms with Gasteiger partial charge in [0.2, 0.25) is 0 Å². The quantitative estimate of drug-likeness (QED) is 0.671. The summed E-state index contributed by atoms with van der Waals surface area (Å²) in [6.07, 6.45) is 1.86. The SMILES string of the molecule is CCCc1c(C(=O)OC)sc2c(N)cccc12. The molecule has 0 spiro atoms. The molecule has 2 rings (SSSR count). The number of esters is 1. The van der Waals surface area contributed by atoms with Gasteiger partial charge in [0.15, 0.2) is 0 Å². The second-order valence-electron chi connectivity index (χ2n) is 3.88. The van der Waals surface area contributed by atoms with Crippen LogP contribution in [0.4, 0.5) is 5.69 Å². The van der Waals surface area contributed by atoms with E-state index in [2.05, 4.69) is 6.92 Å². The van der Waals surface area contributed by atoms with Gasteiger partial charge in [-0.15, -0.1) is 11.3 Å². The summed E-state index contributed by atoms with van der Waals surface area (Å²) in [5.74, 6) is -0.269. The lowest BCUT2D eigenvalue weighted by atomic mass is 10.1. The van der Waals surface area contributed by atoms with Gasteiger partial charge in [0, 0.05) is 5.69 Å². The Bertz CT molecular complexity index is 560. The van der Waals surface area contributed by atoms with Gasteiger partial charge in [-0.3, -0.25) is 0 Å². The number of thiophene rings is 1. The molecule has 3 nitrogen and oxygen atoms in total. The number of methoxy groups -OCH3 is 1. The molecular weight excluding hydrogens is 234 g/mol. The molecule has 0 amide bonds. The van der Waals surface area contributed by atoms with Crippen molar-refractivity contribution < 1.29 is 9.53 Å². The molecule has 0 bridgehead atoms. The normalized spacial score (nSPS) is 10.7. The van der Waals surface area contributed by atoms with Crippen molar-refractivity contribution in [3.05, 3.63) is 28.6 Å². The lowest BCUT2D eigenvalue weighted by Gasteiger charge is -2.01. The number of benzene rings is 1. The van der Waals surface area contributed by atoms with E-state index >= 15 is 0 Å². The summed E-state index contributed by atoms with van der Waals surface area (Å²) in [6, 6.07) is 5.79. The number of nitrogens with two attached hydrogens (primary N) is 1. The molecule has 0 saturated carbocycles. The van der Waals surface area contributed by atoms with Crippen LogP contribution < -0.4 is 5.73 Å². The summed E-state index contributed by atoms with van der Waals surface area (Å²) in [5, 5.41) is 1.08. The van der Waals surface area contributed by atoms with Crippen molar-refractivity contribution in [3.63, 3.8) is 0 Å². The highest BCUT2D eigenvalue weighted by atomic mass is 32.1. The molecule has 1 heterocycles. The fraction of sp³-hybridized carbons (Fsp3) is 0.308. The lowest BCUT2D eigenvalue weighted by molar-refractivity contribution is 0.0605. The van der Waals surface area contributed by atoms with Gasteiger partial charge in [0.25, 0.3) is 0 Å². The average Bonchev–Trinajstić information content (AvgIpc) is 2.70. The molecule has 2 aromatic rings. The summed E-state index contributed by atoms with van der Waals surface area (Å²) in [7, 11) is 1.41. The zero-order chi connectivity index (χ0) is 12.4. The molecule has 0 aliphatic carbocycles. The van der Waals surface area contributed by atoms with Gasteiger partial charge < -0.3 is 10.5 Å². The Morgan fingerprint density at radius 2 is 2.24 bits per heavy atom. The Balaban J connectivity index is 2.70. The summed E-state index contributed by atoms with van der Waals surface area (Å²) >= 11 is 1.42. The molecule has 0 unspecified atom stereocenters. The number of carbonyl (C=O) groups excluding carboxylic acids is 1. The number of aryl methyl sites for hydroxylation is 1. The van der Waals surface area contributed by atoms with E-state index < -0.39 is 0 Å². The molecule has 17 heavy (non-hydrogen) atoms. The third kappa shape index (κ3) is 2.00. The maximum absolute atomic E-state index is 11.7. The van der Waals surface area contributed by atoms with Crippen LogP contribution in [-0.4, -0.2) is 13.1 Å². The van der Waals surface area contributed by atoms with Crippen LogP contribution in [-0.2, 0) is 11.2 Å². The fourth-order valence-corrected chi connectivity index (χ4v) is 3.14. The predicted octanol–water partition coefficient (Wildman–Crippen LogP) is 3.22. The molecule has 0 aliphatic heterocycles. The van der Waals surface area contributed by atoms with Gasteiger partial charge in [-0.1, -0.05) is 25.5 Å². The molecule has 1 aromatic carbocycles. The molecule has 0 aliphatic rings. The third-order valence-electron chi connectivity index (χ3n) is 2.72. The van der Waals surface area contributed by atoms with Crippen LogP contribution in [0.15, 0.2) is 18.2 Å². The topological polar surface area (TPSA) is 52.3 Å². The zero-order valence-corrected chi connectivity index (χ0v) is 10.8. The van der Waals surface area contributed by atoms with Gasteiger partial charge in [0.05, 0.1) is 11.8 Å². The molecule has 0 atom stereocenters. The van der Waals surface area contributed by atoms with E-state index in [1.165, 1.54) is 18.4 Å². The number of hydrogen-bond donors (Lipinski definition) is 1. The molecule has 1 aromatic heterocycles. The van der Waals surface area contributed by atoms with E-state index in [-0.39, 0.29) is 5.97 Å². The number of ether oxygens (including phenoxy) is 1. The van der Waals surface area contributed by atoms with E-state index in [1.807, 2.05) is 18.2 Å². The van der Waals surface area contributed by atoms with Crippen molar-refractivity contribution in [2.45, 2.75) is 19.8 Å². The van der Waals surface area contributed by atoms with Gasteiger partial charge in [-0.2, -0.15) is 0 Å². The molecule has 90 valence electrons. The monoisotopic (exact) mass is 249 g/mol. The maximum atomic E-state index is 11.7. The first-order valence-electron chi connectivity index (χ1n) is 5.57. The van der Waals surface area contributed by atoms with Gasteiger partial charge in [0.1, 0.15) is 4.88 Å². The average molecular weight is 249 g/mol. The summed E-state index contributed by atoms with van der Waals surface area (Å²) < 4.78 is 5.81. The minimum Gasteiger partial charge on any atom is -0.465 e. The first-order valence-corrected chi connectivity index (χ1v) is 6.38. The van der Waals surface area contributed by atoms with Crippen molar-refractivity contribution in [1.29, 1.82) is 0 Å². The van der Waals surface area contributed by atoms with Gasteiger partial charge >= 0.3 is 5.97 Å². The second-order valence-corrected chi connectivity index (χ2v) is 4.90. The van der Waals surface area contributed by atoms with E-state index in [9.17, 15) is 4.79 Å². The third-order valence-corrected chi connectivity index (χ3v) is 4.00. The van der Waals surface area contributed by atoms with Crippen LogP contribution in [0, 0.1) is 0 Å². The maximum Gasteiger partial charge on any atom is 0.348 e. The number of hydrogen-bond acceptors (Lipinski definition) is 4. The van der Waals surface area contributed by atoms with Crippen molar-refractivity contribution in [2.75, 3.05) is 12.8 Å². The van der Waals surface area contributed by atoms with Crippen LogP contribution in [0.2, 0.25) is 0 Å². The van der Waals surface area contributed by atoms with Gasteiger partial charge in [-0.05, 0) is 23.4 Å². The smallest absolute Gasteiger partial charge is 0.348 e. The van der Waals surface area contributed by atoms with E-state index in [1.54, 1.807) is 0 Å². The largest absolute Gasteiger partial charge is 0.465 e. The molecule has 2 N–H and O–H groups in total. The molecule has 0 fully saturated rings. The molecule has 0 radical (unpaired) electrons. The number of anilines is 1. The summed E-state index contributed by atoms with van der Waals surface area (Å²) in [4.78, 5) is 12.4. The van der Waals surface area contributed by atoms with Crippen LogP contribution in [0.25, 0.3) is 10.1 Å². The molecule has 4 heteroatoms. The van der Waals surface area contributed by atoms with Crippen LogP contribution >= 0.6 is 11.3 Å². The number of fused-ring (bicyclic) bond motifs is 1. The zero-order valence-electron chi connectivity index (χ0n) is 9.95. The summed E-state index contributed by atoms with van der Waals surface area (Å²) in [6.45, 7) is 2.09. The Morgan fingerprint density at radius 3 is 2.88 bits per heavy atom. The van der Waals surface area contributed by atoms with Crippen LogP contribution in [0.3, 0.4) is 0 Å². The first-order chi connectivity index (χ1) is 8.19. The van der Waals surface area contributed by atoms with E-state index in [0.29, 0.717) is 4.88 Å². The number of carbonyl (C=O) groups is 1. The standard InChI is InChI=1S/C13H15NO2S/c1-3-5-8-9-6-4-7-10(14)11(9)17-12(8)13(15)16-2/h4,6-7H,3,5,14H2,1-2H3. The van der Waals surface area contributed by atoms with Crippen molar-refractivity contribution in [3.8, 4) is 0 Å². The Morgan fingerprint density at radius 1 is 1.47 bits per heavy atom. The minimum atomic E-state index is -0.269. The number of rotatable bonds is 3. The lowest BCUT2D eigenvalue weighted by Crippen LogP contribution is -2.01. The van der Waals surface area contributed by atoms with E-state index in [4.69, 9.17) is 10.5 Å². The molecule has 0 saturated heterocycles. The van der Waals surface area contributed by atoms with E-state index in [0.717, 1.165) is 34.2 Å². The van der Waals surface area contributed by atoms with Crippen LogP contribution in [0.5, 0.6) is 0 Å². The fourth-order valence-electron chi connectivity index (χ4n) is 1.95. The molecular formula is C13H15NO2S. The summed E-state index contributed by atoms with van der Waals surface area (Å²) in [5.41, 5.74) is 7.72. The Kier molecular flexibility index (Phi) is 3.33. The van der Waals surface area contributed by atoms with Crippen molar-refractivity contribution >= 4 is 33.1 Å². The Labute approximate surface area is 104 Å². The van der Waals surface area contributed by atoms with Crippen molar-refractivity contribution in [2.24, 2.45) is 0 Å². The number of nitrogen functional groups attached to an aromatic ring is 1. The second kappa shape index (κ2) is 4.75. The minimum absolute atomic E-state index is 0.269. The highest BCUT2D eigenvalue weighted by molar-refractivity contribution is 7.21. The van der Waals surface area contributed by atoms with Crippen LogP contribution in [0.1, 0.15) is 28.6 Å². The predicted molar refractivity (Wildman–Crippen MR) is 71.6 cm³/mol. The highest BCUT2D eigenvalue weighted by Gasteiger charge is 2.19. The van der Waals surface area contributed by atoms with Crippen molar-refractivity contribution in [1.82, 2.24) is 0 Å². The first kappa shape index (κ1) is 11.9.